The van der Waals surface area contributed by atoms with Crippen LogP contribution in [-0.4, -0.2) is 38.7 Å². The van der Waals surface area contributed by atoms with Crippen LogP contribution in [0.15, 0.2) is 60.4 Å². The first-order valence-electron chi connectivity index (χ1n) is 13.3. The van der Waals surface area contributed by atoms with Gasteiger partial charge in [0.05, 0.1) is 35.0 Å². The Morgan fingerprint density at radius 1 is 1.12 bits per heavy atom. The molecule has 1 saturated carbocycles. The summed E-state index contributed by atoms with van der Waals surface area (Å²) in [7, 11) is 0. The molecule has 0 bridgehead atoms. The number of carbonyl (C=O) groups is 1. The van der Waals surface area contributed by atoms with Gasteiger partial charge in [0.1, 0.15) is 28.9 Å². The van der Waals surface area contributed by atoms with E-state index in [4.69, 9.17) is 15.6 Å². The summed E-state index contributed by atoms with van der Waals surface area (Å²) < 4.78 is 50.2. The van der Waals surface area contributed by atoms with Crippen LogP contribution in [0, 0.1) is 34.7 Å². The van der Waals surface area contributed by atoms with Gasteiger partial charge in [-0.05, 0) is 55.9 Å². The number of anilines is 1. The largest absolute Gasteiger partial charge is 0.454 e. The van der Waals surface area contributed by atoms with Crippen molar-refractivity contribution in [2.45, 2.75) is 31.7 Å². The number of nitrogens with two attached hydrogens (primary N) is 1. The van der Waals surface area contributed by atoms with Gasteiger partial charge in [0, 0.05) is 24.7 Å². The van der Waals surface area contributed by atoms with Crippen molar-refractivity contribution in [1.82, 2.24) is 19.7 Å². The summed E-state index contributed by atoms with van der Waals surface area (Å²) in [5.74, 6) is -3.35. The average Bonchev–Trinajstić information content (AvgIpc) is 3.71. The summed E-state index contributed by atoms with van der Waals surface area (Å²) >= 11 is 0. The molecule has 1 aliphatic heterocycles. The van der Waals surface area contributed by atoms with Gasteiger partial charge in [-0.1, -0.05) is 12.1 Å². The molecule has 8 nitrogen and oxygen atoms in total. The molecule has 41 heavy (non-hydrogen) atoms. The van der Waals surface area contributed by atoms with Gasteiger partial charge in [-0.2, -0.15) is 14.8 Å². The van der Waals surface area contributed by atoms with Crippen LogP contribution in [0.1, 0.15) is 31.7 Å². The number of nitrogen functional groups attached to an aromatic ring is 1. The lowest BCUT2D eigenvalue weighted by Gasteiger charge is -2.33. The summed E-state index contributed by atoms with van der Waals surface area (Å²) in [6.07, 6.45) is 8.19. The number of nitrogens with zero attached hydrogens (tertiary/aromatic N) is 5. The number of likely N-dealkylation sites (tertiary alicyclic amines) is 1. The molecule has 11 heteroatoms. The second-order valence-electron chi connectivity index (χ2n) is 10.3. The Morgan fingerprint density at radius 3 is 2.71 bits per heavy atom. The number of rotatable bonds is 6. The van der Waals surface area contributed by atoms with Crippen LogP contribution in [0.2, 0.25) is 0 Å². The predicted molar refractivity (Wildman–Crippen MR) is 145 cm³/mol. The monoisotopic (exact) mass is 558 g/mol. The van der Waals surface area contributed by atoms with E-state index in [9.17, 15) is 18.8 Å². The number of hydrogen-bond acceptors (Lipinski definition) is 6. The maximum absolute atomic E-state index is 15.5. The molecular weight excluding hydrogens is 533 g/mol. The second-order valence-corrected chi connectivity index (χ2v) is 10.3. The molecule has 6 rings (SSSR count). The number of piperidine rings is 1. The van der Waals surface area contributed by atoms with E-state index in [-0.39, 0.29) is 40.3 Å². The lowest BCUT2D eigenvalue weighted by Crippen LogP contribution is -2.41. The standard InChI is InChI=1S/C30H25F3N6O2/c31-22-4-1-5-26(28(22)33)41-20-8-9-21(23(32)12-20)29-27-24(35)14-36-15-25(27)39(37-29)19-3-2-10-38(16-19)30(40)18(13-34)11-17-6-7-17/h1,4-5,8-9,11-12,14-15,17,19H,2-3,6-7,10,16,35H2. The van der Waals surface area contributed by atoms with Crippen LogP contribution in [-0.2, 0) is 4.79 Å². The zero-order valence-electron chi connectivity index (χ0n) is 21.9. The highest BCUT2D eigenvalue weighted by atomic mass is 19.2. The molecule has 2 aromatic carbocycles. The van der Waals surface area contributed by atoms with Gasteiger partial charge in [0.15, 0.2) is 11.6 Å². The summed E-state index contributed by atoms with van der Waals surface area (Å²) in [6, 6.07) is 9.22. The van der Waals surface area contributed by atoms with E-state index in [1.54, 1.807) is 21.9 Å². The molecule has 2 aliphatic rings. The Labute approximate surface area is 233 Å². The highest BCUT2D eigenvalue weighted by molar-refractivity contribution is 6.01. The number of nitriles is 1. The van der Waals surface area contributed by atoms with Crippen LogP contribution < -0.4 is 10.5 Å². The molecule has 3 heterocycles. The number of ether oxygens (including phenoxy) is 1. The van der Waals surface area contributed by atoms with Crippen LogP contribution in [0.25, 0.3) is 22.2 Å². The maximum atomic E-state index is 15.5. The number of amides is 1. The average molecular weight is 559 g/mol. The number of pyridine rings is 1. The zero-order valence-corrected chi connectivity index (χ0v) is 21.9. The first kappa shape index (κ1) is 26.4. The molecule has 1 saturated heterocycles. The van der Waals surface area contributed by atoms with Crippen LogP contribution in [0.5, 0.6) is 11.5 Å². The minimum absolute atomic E-state index is 0.0249. The third-order valence-electron chi connectivity index (χ3n) is 7.39. The molecule has 208 valence electrons. The van der Waals surface area contributed by atoms with Gasteiger partial charge in [-0.3, -0.25) is 14.5 Å². The summed E-state index contributed by atoms with van der Waals surface area (Å²) in [4.78, 5) is 19.0. The van der Waals surface area contributed by atoms with Crippen molar-refractivity contribution >= 4 is 22.5 Å². The lowest BCUT2D eigenvalue weighted by molar-refractivity contribution is -0.128. The molecule has 0 spiro atoms. The molecule has 2 N–H and O–H groups in total. The number of halogens is 3. The molecule has 2 fully saturated rings. The number of carbonyl (C=O) groups excluding carboxylic acids is 1. The van der Waals surface area contributed by atoms with E-state index in [1.807, 2.05) is 6.07 Å². The fourth-order valence-corrected chi connectivity index (χ4v) is 5.18. The molecule has 0 radical (unpaired) electrons. The Hall–Kier alpha value is -4.85. The van der Waals surface area contributed by atoms with E-state index >= 15 is 4.39 Å². The van der Waals surface area contributed by atoms with Crippen LogP contribution in [0.4, 0.5) is 18.9 Å². The van der Waals surface area contributed by atoms with E-state index in [0.29, 0.717) is 48.4 Å². The van der Waals surface area contributed by atoms with Crippen molar-refractivity contribution in [2.24, 2.45) is 5.92 Å². The number of benzene rings is 2. The molecule has 1 amide bonds. The minimum atomic E-state index is -1.17. The van der Waals surface area contributed by atoms with Crippen LogP contribution >= 0.6 is 0 Å². The Balaban J connectivity index is 1.33. The summed E-state index contributed by atoms with van der Waals surface area (Å²) in [6.45, 7) is 0.843. The fourth-order valence-electron chi connectivity index (χ4n) is 5.18. The summed E-state index contributed by atoms with van der Waals surface area (Å²) in [5.41, 5.74) is 7.73. The van der Waals surface area contributed by atoms with E-state index in [0.717, 1.165) is 25.0 Å². The van der Waals surface area contributed by atoms with Gasteiger partial charge in [0.2, 0.25) is 5.82 Å². The Kier molecular flexibility index (Phi) is 6.83. The lowest BCUT2D eigenvalue weighted by atomic mass is 10.0. The Morgan fingerprint density at radius 2 is 1.95 bits per heavy atom. The normalized spacial score (nSPS) is 17.5. The number of fused-ring (bicyclic) bond motifs is 1. The third kappa shape index (κ3) is 5.09. The second kappa shape index (κ2) is 10.6. The van der Waals surface area contributed by atoms with Gasteiger partial charge in [0.25, 0.3) is 5.91 Å². The highest BCUT2D eigenvalue weighted by Gasteiger charge is 2.31. The molecule has 1 aliphatic carbocycles. The van der Waals surface area contributed by atoms with Gasteiger partial charge in [-0.15, -0.1) is 0 Å². The highest BCUT2D eigenvalue weighted by Crippen LogP contribution is 2.38. The molecule has 4 aromatic rings. The molecule has 1 unspecified atom stereocenters. The smallest absolute Gasteiger partial charge is 0.264 e. The summed E-state index contributed by atoms with van der Waals surface area (Å²) in [5, 5.41) is 14.8. The van der Waals surface area contributed by atoms with E-state index in [1.165, 1.54) is 30.5 Å². The number of hydrogen-bond donors (Lipinski definition) is 1. The van der Waals surface area contributed by atoms with Crippen LogP contribution in [0.3, 0.4) is 0 Å². The van der Waals surface area contributed by atoms with E-state index in [2.05, 4.69) is 4.98 Å². The topological polar surface area (TPSA) is 110 Å². The quantitative estimate of drug-likeness (QED) is 0.233. The van der Waals surface area contributed by atoms with Crippen molar-refractivity contribution in [1.29, 1.82) is 5.26 Å². The first-order chi connectivity index (χ1) is 19.8. The number of allylic oxidation sites excluding steroid dienone is 1. The molecule has 2 aromatic heterocycles. The fraction of sp³-hybridized carbons (Fsp3) is 0.267. The van der Waals surface area contributed by atoms with E-state index < -0.39 is 17.5 Å². The first-order valence-corrected chi connectivity index (χ1v) is 13.3. The third-order valence-corrected chi connectivity index (χ3v) is 7.39. The van der Waals surface area contributed by atoms with Crippen molar-refractivity contribution in [3.8, 4) is 28.8 Å². The van der Waals surface area contributed by atoms with Crippen molar-refractivity contribution in [3.63, 3.8) is 0 Å². The van der Waals surface area contributed by atoms with Crippen molar-refractivity contribution in [3.05, 3.63) is 77.9 Å². The maximum Gasteiger partial charge on any atom is 0.264 e. The predicted octanol–water partition coefficient (Wildman–Crippen LogP) is 5.91. The SMILES string of the molecule is N#CC(=CC1CC1)C(=O)N1CCCC(n2nc(-c3ccc(Oc4cccc(F)c4F)cc3F)c3c(N)cncc32)C1. The number of aromatic nitrogens is 3. The van der Waals surface area contributed by atoms with Crippen molar-refractivity contribution < 1.29 is 22.7 Å². The Bertz CT molecular complexity index is 1740. The van der Waals surface area contributed by atoms with Crippen molar-refractivity contribution in [2.75, 3.05) is 18.8 Å². The van der Waals surface area contributed by atoms with Gasteiger partial charge < -0.3 is 15.4 Å². The molecule has 1 atom stereocenters. The van der Waals surface area contributed by atoms with Gasteiger partial charge in [-0.25, -0.2) is 8.78 Å². The van der Waals surface area contributed by atoms with Gasteiger partial charge >= 0.3 is 0 Å². The molecular formula is C30H25F3N6O2. The zero-order chi connectivity index (χ0) is 28.7. The minimum Gasteiger partial charge on any atom is -0.454 e.